The van der Waals surface area contributed by atoms with E-state index in [2.05, 4.69) is 9.97 Å². The summed E-state index contributed by atoms with van der Waals surface area (Å²) >= 11 is 0. The number of hydrogen-bond acceptors (Lipinski definition) is 4. The van der Waals surface area contributed by atoms with Crippen LogP contribution in [-0.4, -0.2) is 29.3 Å². The fourth-order valence-electron chi connectivity index (χ4n) is 2.47. The van der Waals surface area contributed by atoms with E-state index in [1.54, 1.807) is 4.83 Å². The first kappa shape index (κ1) is 17.8. The highest BCUT2D eigenvalue weighted by Crippen LogP contribution is 2.38. The predicted molar refractivity (Wildman–Crippen MR) is 87.8 cm³/mol. The van der Waals surface area contributed by atoms with Crippen LogP contribution in [0.4, 0.5) is 13.2 Å². The minimum absolute atomic E-state index is 0.104. The number of hydrogen-bond donors (Lipinski definition) is 3. The third-order valence-electron chi connectivity index (χ3n) is 3.49. The van der Waals surface area contributed by atoms with Crippen LogP contribution in [0.1, 0.15) is 5.56 Å². The number of halogens is 3. The molecule has 1 aromatic carbocycles. The zero-order valence-electron chi connectivity index (χ0n) is 13.0. The zero-order chi connectivity index (χ0) is 19.3. The molecule has 12 heteroatoms. The summed E-state index contributed by atoms with van der Waals surface area (Å²) in [5.74, 6) is 0. The number of aromatic amines is 2. The van der Waals surface area contributed by atoms with Gasteiger partial charge >= 0.3 is 11.9 Å². The molecule has 26 heavy (non-hydrogen) atoms. The Bertz CT molecular complexity index is 1210. The first-order valence-electron chi connectivity index (χ1n) is 6.99. The largest absolute Gasteiger partial charge is 0.417 e. The predicted octanol–water partition coefficient (Wildman–Crippen LogP) is 1.21. The Balaban J connectivity index is 2.40. The fraction of sp³-hybridized carbons (Fsp3) is 0.143. The minimum atomic E-state index is -4.74. The number of sulfonamides is 1. The summed E-state index contributed by atoms with van der Waals surface area (Å²) < 4.78 is 63.0. The van der Waals surface area contributed by atoms with Crippen molar-refractivity contribution in [3.8, 4) is 11.3 Å². The third-order valence-corrected chi connectivity index (χ3v) is 4.00. The number of H-pyrrole nitrogens is 2. The van der Waals surface area contributed by atoms with Gasteiger partial charge in [-0.1, -0.05) is 0 Å². The molecule has 0 amide bonds. The van der Waals surface area contributed by atoms with Gasteiger partial charge in [0, 0.05) is 17.5 Å². The first-order valence-corrected chi connectivity index (χ1v) is 8.88. The SMILES string of the molecule is CS(=O)(=O)Nn1c(=O)[nH]c2cc(C(F)(F)F)c(-c3ccc[nH]3)cc2c1=O. The van der Waals surface area contributed by atoms with Gasteiger partial charge in [-0.25, -0.2) is 18.0 Å². The van der Waals surface area contributed by atoms with Crippen LogP contribution in [0.3, 0.4) is 0 Å². The van der Waals surface area contributed by atoms with E-state index in [9.17, 15) is 31.2 Å². The summed E-state index contributed by atoms with van der Waals surface area (Å²) in [7, 11) is -3.97. The normalized spacial score (nSPS) is 12.5. The lowest BCUT2D eigenvalue weighted by Crippen LogP contribution is -2.43. The van der Waals surface area contributed by atoms with Gasteiger partial charge in [-0.3, -0.25) is 4.79 Å². The fourth-order valence-corrected chi connectivity index (χ4v) is 2.97. The second-order valence-corrected chi connectivity index (χ2v) is 7.19. The highest BCUT2D eigenvalue weighted by molar-refractivity contribution is 7.91. The monoisotopic (exact) mass is 388 g/mol. The molecule has 0 atom stereocenters. The van der Waals surface area contributed by atoms with Gasteiger partial charge in [0.25, 0.3) is 5.56 Å². The third kappa shape index (κ3) is 3.22. The molecule has 2 aromatic heterocycles. The van der Waals surface area contributed by atoms with Gasteiger partial charge in [0.05, 0.1) is 22.7 Å². The van der Waals surface area contributed by atoms with Crippen LogP contribution < -0.4 is 16.1 Å². The molecule has 0 aliphatic rings. The van der Waals surface area contributed by atoms with E-state index < -0.39 is 33.0 Å². The van der Waals surface area contributed by atoms with Gasteiger partial charge in [-0.15, -0.1) is 0 Å². The Morgan fingerprint density at radius 1 is 1.19 bits per heavy atom. The van der Waals surface area contributed by atoms with Gasteiger partial charge < -0.3 is 9.97 Å². The number of nitrogens with one attached hydrogen (secondary N) is 3. The van der Waals surface area contributed by atoms with Gasteiger partial charge in [0.1, 0.15) is 0 Å². The maximum Gasteiger partial charge on any atom is 0.417 e. The van der Waals surface area contributed by atoms with E-state index >= 15 is 0 Å². The molecule has 0 aliphatic carbocycles. The minimum Gasteiger partial charge on any atom is -0.361 e. The highest BCUT2D eigenvalue weighted by Gasteiger charge is 2.35. The second-order valence-electron chi connectivity index (χ2n) is 5.46. The number of alkyl halides is 3. The maximum atomic E-state index is 13.4. The Labute approximate surface area is 143 Å². The van der Waals surface area contributed by atoms with Crippen LogP contribution in [-0.2, 0) is 16.2 Å². The van der Waals surface area contributed by atoms with Crippen LogP contribution >= 0.6 is 0 Å². The number of nitrogens with zero attached hydrogens (tertiary/aromatic N) is 1. The van der Waals surface area contributed by atoms with Crippen molar-refractivity contribution in [3.05, 3.63) is 56.9 Å². The van der Waals surface area contributed by atoms with Crippen LogP contribution in [0.15, 0.2) is 40.1 Å². The van der Waals surface area contributed by atoms with Crippen molar-refractivity contribution < 1.29 is 21.6 Å². The molecule has 0 bridgehead atoms. The van der Waals surface area contributed by atoms with E-state index in [4.69, 9.17) is 0 Å². The highest BCUT2D eigenvalue weighted by atomic mass is 32.2. The Morgan fingerprint density at radius 3 is 2.42 bits per heavy atom. The van der Waals surface area contributed by atoms with Crippen molar-refractivity contribution in [2.75, 3.05) is 11.1 Å². The van der Waals surface area contributed by atoms with Crippen molar-refractivity contribution in [1.82, 2.24) is 14.6 Å². The smallest absolute Gasteiger partial charge is 0.361 e. The number of benzene rings is 1. The lowest BCUT2D eigenvalue weighted by Gasteiger charge is -2.14. The first-order chi connectivity index (χ1) is 12.0. The molecule has 0 fully saturated rings. The second kappa shape index (κ2) is 5.76. The molecule has 0 unspecified atom stereocenters. The topological polar surface area (TPSA) is 117 Å². The van der Waals surface area contributed by atoms with E-state index in [0.29, 0.717) is 6.07 Å². The summed E-state index contributed by atoms with van der Waals surface area (Å²) in [6.45, 7) is 0. The Kier molecular flexibility index (Phi) is 3.94. The van der Waals surface area contributed by atoms with Crippen molar-refractivity contribution in [2.45, 2.75) is 6.18 Å². The summed E-state index contributed by atoms with van der Waals surface area (Å²) in [5, 5.41) is -0.293. The summed E-state index contributed by atoms with van der Waals surface area (Å²) in [5.41, 5.74) is -3.95. The molecule has 8 nitrogen and oxygen atoms in total. The zero-order valence-corrected chi connectivity index (χ0v) is 13.8. The molecular formula is C14H11F3N4O4S. The van der Waals surface area contributed by atoms with E-state index in [1.165, 1.54) is 18.3 Å². The van der Waals surface area contributed by atoms with Crippen LogP contribution in [0, 0.1) is 0 Å². The van der Waals surface area contributed by atoms with Gasteiger partial charge in [0.2, 0.25) is 10.0 Å². The average molecular weight is 388 g/mol. The lowest BCUT2D eigenvalue weighted by molar-refractivity contribution is -0.137. The summed E-state index contributed by atoms with van der Waals surface area (Å²) in [6, 6.07) is 4.45. The van der Waals surface area contributed by atoms with Crippen molar-refractivity contribution >= 4 is 20.9 Å². The summed E-state index contributed by atoms with van der Waals surface area (Å²) in [6.07, 6.45) is -2.61. The van der Waals surface area contributed by atoms with E-state index in [-0.39, 0.29) is 26.8 Å². The van der Waals surface area contributed by atoms with Crippen LogP contribution in [0.25, 0.3) is 22.2 Å². The van der Waals surface area contributed by atoms with E-state index in [1.807, 2.05) is 0 Å². The standard InChI is InChI=1S/C14H11F3N4O4S/c1-26(24,25)20-21-12(22)8-5-7(10-3-2-4-18-10)9(14(15,16)17)6-11(8)19-13(21)23/h2-6,18,20H,1H3,(H,19,23). The molecule has 3 rings (SSSR count). The molecule has 3 aromatic rings. The Hall–Kier alpha value is -3.02. The number of fused-ring (bicyclic) bond motifs is 1. The van der Waals surface area contributed by atoms with Crippen molar-refractivity contribution in [2.24, 2.45) is 0 Å². The molecule has 138 valence electrons. The number of rotatable bonds is 3. The van der Waals surface area contributed by atoms with Crippen molar-refractivity contribution in [1.29, 1.82) is 0 Å². The molecule has 0 radical (unpaired) electrons. The van der Waals surface area contributed by atoms with E-state index in [0.717, 1.165) is 12.3 Å². The molecule has 2 heterocycles. The van der Waals surface area contributed by atoms with Crippen LogP contribution in [0.5, 0.6) is 0 Å². The summed E-state index contributed by atoms with van der Waals surface area (Å²) in [4.78, 5) is 30.7. The van der Waals surface area contributed by atoms with Crippen molar-refractivity contribution in [3.63, 3.8) is 0 Å². The quantitative estimate of drug-likeness (QED) is 0.625. The molecule has 0 saturated heterocycles. The Morgan fingerprint density at radius 2 is 1.88 bits per heavy atom. The lowest BCUT2D eigenvalue weighted by atomic mass is 10.0. The van der Waals surface area contributed by atoms with Gasteiger partial charge in [0.15, 0.2) is 0 Å². The average Bonchev–Trinajstić information content (AvgIpc) is 3.03. The van der Waals surface area contributed by atoms with Crippen LogP contribution in [0.2, 0.25) is 0 Å². The number of aromatic nitrogens is 3. The van der Waals surface area contributed by atoms with Gasteiger partial charge in [-0.2, -0.15) is 17.8 Å². The molecule has 0 aliphatic heterocycles. The molecule has 0 spiro atoms. The molecule has 3 N–H and O–H groups in total. The molecule has 0 saturated carbocycles. The molecular weight excluding hydrogens is 377 g/mol. The maximum absolute atomic E-state index is 13.4. The van der Waals surface area contributed by atoms with Gasteiger partial charge in [-0.05, 0) is 24.3 Å².